The van der Waals surface area contributed by atoms with Crippen LogP contribution in [0.3, 0.4) is 0 Å². The molecule has 0 aromatic heterocycles. The fourth-order valence-corrected chi connectivity index (χ4v) is 2.76. The van der Waals surface area contributed by atoms with E-state index in [9.17, 15) is 4.79 Å². The molecule has 0 radical (unpaired) electrons. The lowest BCUT2D eigenvalue weighted by Gasteiger charge is -2.26. The zero-order valence-corrected chi connectivity index (χ0v) is 13.6. The lowest BCUT2D eigenvalue weighted by atomic mass is 9.96. The zero-order valence-electron chi connectivity index (χ0n) is 11.2. The number of methoxy groups -OCH3 is 1. The van der Waals surface area contributed by atoms with E-state index in [0.29, 0.717) is 28.5 Å². The minimum absolute atomic E-state index is 0.0583. The van der Waals surface area contributed by atoms with Gasteiger partial charge in [0, 0.05) is 10.5 Å². The molecule has 0 aliphatic carbocycles. The highest BCUT2D eigenvalue weighted by molar-refractivity contribution is 9.10. The number of fused-ring (bicyclic) bond motifs is 1. The molecule has 3 rings (SSSR count). The lowest BCUT2D eigenvalue weighted by molar-refractivity contribution is 0.0849. The van der Waals surface area contributed by atoms with Crippen molar-refractivity contribution in [2.45, 2.75) is 12.5 Å². The predicted octanol–water partition coefficient (Wildman–Crippen LogP) is 4.82. The Balaban J connectivity index is 1.96. The zero-order chi connectivity index (χ0) is 15.0. The molecule has 0 bridgehead atoms. The van der Waals surface area contributed by atoms with Gasteiger partial charge >= 0.3 is 0 Å². The first-order valence-electron chi connectivity index (χ1n) is 6.41. The smallest absolute Gasteiger partial charge is 0.170 e. The highest BCUT2D eigenvalue weighted by atomic mass is 79.9. The van der Waals surface area contributed by atoms with E-state index in [0.717, 1.165) is 10.0 Å². The predicted molar refractivity (Wildman–Crippen MR) is 84.5 cm³/mol. The largest absolute Gasteiger partial charge is 0.497 e. The topological polar surface area (TPSA) is 35.5 Å². The number of hydrogen-bond acceptors (Lipinski definition) is 3. The van der Waals surface area contributed by atoms with Gasteiger partial charge in [-0.05, 0) is 45.8 Å². The van der Waals surface area contributed by atoms with Crippen molar-refractivity contribution in [1.29, 1.82) is 0 Å². The molecule has 1 aliphatic heterocycles. The van der Waals surface area contributed by atoms with Crippen LogP contribution in [0.15, 0.2) is 40.9 Å². The molecule has 21 heavy (non-hydrogen) atoms. The Labute approximate surface area is 136 Å². The number of carbonyl (C=O) groups excluding carboxylic acids is 1. The fourth-order valence-electron chi connectivity index (χ4n) is 2.33. The second kappa shape index (κ2) is 5.70. The number of halogens is 2. The summed E-state index contributed by atoms with van der Waals surface area (Å²) in [6, 6.07) is 10.8. The van der Waals surface area contributed by atoms with Gasteiger partial charge in [0.2, 0.25) is 0 Å². The van der Waals surface area contributed by atoms with Crippen molar-refractivity contribution < 1.29 is 14.3 Å². The average Bonchev–Trinajstić information content (AvgIpc) is 2.49. The summed E-state index contributed by atoms with van der Waals surface area (Å²) in [5.74, 6) is 1.27. The molecule has 1 heterocycles. The number of ketones is 1. The van der Waals surface area contributed by atoms with Crippen molar-refractivity contribution >= 4 is 33.3 Å². The van der Waals surface area contributed by atoms with Gasteiger partial charge in [0.15, 0.2) is 5.78 Å². The van der Waals surface area contributed by atoms with Crippen LogP contribution in [0, 0.1) is 0 Å². The monoisotopic (exact) mass is 366 g/mol. The molecule has 1 aliphatic rings. The third-order valence-corrected chi connectivity index (χ3v) is 4.68. The van der Waals surface area contributed by atoms with Crippen LogP contribution in [0.5, 0.6) is 11.5 Å². The highest BCUT2D eigenvalue weighted by Gasteiger charge is 2.28. The van der Waals surface area contributed by atoms with Gasteiger partial charge in [-0.1, -0.05) is 17.7 Å². The molecule has 3 nitrogen and oxygen atoms in total. The third kappa shape index (κ3) is 2.78. The Morgan fingerprint density at radius 3 is 2.81 bits per heavy atom. The van der Waals surface area contributed by atoms with Gasteiger partial charge in [-0.2, -0.15) is 0 Å². The summed E-state index contributed by atoms with van der Waals surface area (Å²) in [4.78, 5) is 12.3. The Morgan fingerprint density at radius 1 is 1.29 bits per heavy atom. The molecule has 0 saturated heterocycles. The van der Waals surface area contributed by atoms with Crippen LogP contribution >= 0.6 is 27.5 Å². The van der Waals surface area contributed by atoms with Gasteiger partial charge in [0.05, 0.1) is 24.1 Å². The first-order valence-corrected chi connectivity index (χ1v) is 7.58. The standard InChI is InChI=1S/C16H12BrClO3/c1-20-10-3-4-11-14(19)8-15(21-16(11)7-10)9-2-5-12(17)13(18)6-9/h2-7,15H,8H2,1H3. The van der Waals surface area contributed by atoms with Crippen molar-refractivity contribution in [1.82, 2.24) is 0 Å². The Morgan fingerprint density at radius 2 is 2.10 bits per heavy atom. The number of hydrogen-bond donors (Lipinski definition) is 0. The first kappa shape index (κ1) is 14.4. The Kier molecular flexibility index (Phi) is 3.91. The third-order valence-electron chi connectivity index (χ3n) is 3.44. The van der Waals surface area contributed by atoms with Crippen LogP contribution in [0.4, 0.5) is 0 Å². The van der Waals surface area contributed by atoms with Gasteiger partial charge in [-0.3, -0.25) is 4.79 Å². The van der Waals surface area contributed by atoms with Crippen LogP contribution in [-0.4, -0.2) is 12.9 Å². The number of benzene rings is 2. The second-order valence-electron chi connectivity index (χ2n) is 4.77. The molecule has 0 amide bonds. The van der Waals surface area contributed by atoms with E-state index in [2.05, 4.69) is 15.9 Å². The number of rotatable bonds is 2. The van der Waals surface area contributed by atoms with Crippen LogP contribution in [0.25, 0.3) is 0 Å². The summed E-state index contributed by atoms with van der Waals surface area (Å²) in [6.07, 6.45) is -0.0280. The first-order chi connectivity index (χ1) is 10.1. The van der Waals surface area contributed by atoms with E-state index in [-0.39, 0.29) is 11.9 Å². The van der Waals surface area contributed by atoms with Gasteiger partial charge in [-0.25, -0.2) is 0 Å². The molecule has 1 unspecified atom stereocenters. The van der Waals surface area contributed by atoms with Crippen LogP contribution in [-0.2, 0) is 0 Å². The lowest BCUT2D eigenvalue weighted by Crippen LogP contribution is -2.20. The average molecular weight is 368 g/mol. The maximum Gasteiger partial charge on any atom is 0.170 e. The quantitative estimate of drug-likeness (QED) is 0.763. The minimum atomic E-state index is -0.331. The summed E-state index contributed by atoms with van der Waals surface area (Å²) in [5.41, 5.74) is 1.47. The van der Waals surface area contributed by atoms with Crippen LogP contribution < -0.4 is 9.47 Å². The molecule has 0 spiro atoms. The molecular weight excluding hydrogens is 356 g/mol. The van der Waals surface area contributed by atoms with Crippen molar-refractivity contribution in [3.8, 4) is 11.5 Å². The molecular formula is C16H12BrClO3. The molecule has 5 heteroatoms. The van der Waals surface area contributed by atoms with Crippen molar-refractivity contribution in [3.63, 3.8) is 0 Å². The number of Topliss-reactive ketones (excluding diaryl/α,β-unsaturated/α-hetero) is 1. The fraction of sp³-hybridized carbons (Fsp3) is 0.188. The SMILES string of the molecule is COc1ccc2c(c1)OC(c1ccc(Br)c(Cl)c1)CC2=O. The summed E-state index contributed by atoms with van der Waals surface area (Å²) >= 11 is 9.46. The highest BCUT2D eigenvalue weighted by Crippen LogP contribution is 2.38. The van der Waals surface area contributed by atoms with Gasteiger partial charge < -0.3 is 9.47 Å². The molecule has 108 valence electrons. The Hall–Kier alpha value is -1.52. The summed E-state index contributed by atoms with van der Waals surface area (Å²) < 4.78 is 11.9. The molecule has 2 aromatic rings. The van der Waals surface area contributed by atoms with Crippen LogP contribution in [0.2, 0.25) is 5.02 Å². The summed E-state index contributed by atoms with van der Waals surface area (Å²) in [5, 5.41) is 0.597. The van der Waals surface area contributed by atoms with Crippen molar-refractivity contribution in [2.24, 2.45) is 0 Å². The van der Waals surface area contributed by atoms with Gasteiger partial charge in [0.1, 0.15) is 17.6 Å². The summed E-state index contributed by atoms with van der Waals surface area (Å²) in [6.45, 7) is 0. The van der Waals surface area contributed by atoms with Crippen LogP contribution in [0.1, 0.15) is 28.4 Å². The van der Waals surface area contributed by atoms with Gasteiger partial charge in [0.25, 0.3) is 0 Å². The minimum Gasteiger partial charge on any atom is -0.497 e. The van der Waals surface area contributed by atoms with E-state index in [1.54, 1.807) is 25.3 Å². The molecule has 0 N–H and O–H groups in total. The maximum absolute atomic E-state index is 12.3. The summed E-state index contributed by atoms with van der Waals surface area (Å²) in [7, 11) is 1.58. The van der Waals surface area contributed by atoms with Gasteiger partial charge in [-0.15, -0.1) is 0 Å². The normalized spacial score (nSPS) is 17.1. The molecule has 0 fully saturated rings. The maximum atomic E-state index is 12.3. The van der Waals surface area contributed by atoms with Crippen molar-refractivity contribution in [3.05, 3.63) is 57.0 Å². The van der Waals surface area contributed by atoms with E-state index in [1.165, 1.54) is 0 Å². The van der Waals surface area contributed by atoms with E-state index in [1.807, 2.05) is 18.2 Å². The Bertz CT molecular complexity index is 715. The van der Waals surface area contributed by atoms with Crippen molar-refractivity contribution in [2.75, 3.05) is 7.11 Å². The van der Waals surface area contributed by atoms with E-state index in [4.69, 9.17) is 21.1 Å². The number of carbonyl (C=O) groups is 1. The van der Waals surface area contributed by atoms with E-state index >= 15 is 0 Å². The van der Waals surface area contributed by atoms with E-state index < -0.39 is 0 Å². The second-order valence-corrected chi connectivity index (χ2v) is 6.03. The molecule has 1 atom stereocenters. The molecule has 2 aromatic carbocycles. The molecule has 0 saturated carbocycles. The number of ether oxygens (including phenoxy) is 2.